The first-order valence-electron chi connectivity index (χ1n) is 11.7. The third kappa shape index (κ3) is 4.67. The molecule has 180 valence electrons. The summed E-state index contributed by atoms with van der Waals surface area (Å²) in [5.74, 6) is 1.06. The average Bonchev–Trinajstić information content (AvgIpc) is 3.53. The van der Waals surface area contributed by atoms with Crippen molar-refractivity contribution in [3.63, 3.8) is 0 Å². The van der Waals surface area contributed by atoms with Gasteiger partial charge >= 0.3 is 0 Å². The number of ether oxygens (including phenoxy) is 2. The van der Waals surface area contributed by atoms with Crippen LogP contribution in [-0.2, 0) is 11.3 Å². The van der Waals surface area contributed by atoms with Crippen molar-refractivity contribution in [2.75, 3.05) is 40.4 Å². The molecule has 0 radical (unpaired) electrons. The predicted octanol–water partition coefficient (Wildman–Crippen LogP) is 3.04. The Hall–Kier alpha value is -3.30. The van der Waals surface area contributed by atoms with E-state index in [9.17, 15) is 4.79 Å². The number of carbonyl (C=O) groups is 1. The van der Waals surface area contributed by atoms with Gasteiger partial charge in [-0.1, -0.05) is 26.0 Å². The number of carbonyl (C=O) groups excluding carboxylic acids is 1. The fourth-order valence-corrected chi connectivity index (χ4v) is 4.59. The van der Waals surface area contributed by atoms with E-state index in [4.69, 9.17) is 14.5 Å². The SMILES string of the molecule is CCN(CC)C1CCN(C(=O)c2cnn(-c3nccc(-c4ccccc4OC)n3)c2COC)C1. The molecule has 3 heterocycles. The molecule has 1 amide bonds. The van der Waals surface area contributed by atoms with Crippen LogP contribution in [0.15, 0.2) is 42.7 Å². The van der Waals surface area contributed by atoms with Crippen LogP contribution in [0, 0.1) is 0 Å². The summed E-state index contributed by atoms with van der Waals surface area (Å²) in [6.45, 7) is 7.96. The predicted molar refractivity (Wildman–Crippen MR) is 129 cm³/mol. The number of rotatable bonds is 9. The highest BCUT2D eigenvalue weighted by atomic mass is 16.5. The van der Waals surface area contributed by atoms with Crippen LogP contribution < -0.4 is 4.74 Å². The second kappa shape index (κ2) is 10.8. The van der Waals surface area contributed by atoms with Crippen molar-refractivity contribution in [3.05, 3.63) is 54.0 Å². The summed E-state index contributed by atoms with van der Waals surface area (Å²) < 4.78 is 12.5. The zero-order valence-corrected chi connectivity index (χ0v) is 20.3. The van der Waals surface area contributed by atoms with Gasteiger partial charge in [-0.2, -0.15) is 9.78 Å². The summed E-state index contributed by atoms with van der Waals surface area (Å²) in [6, 6.07) is 9.89. The maximum absolute atomic E-state index is 13.4. The van der Waals surface area contributed by atoms with Crippen LogP contribution in [0.1, 0.15) is 36.3 Å². The van der Waals surface area contributed by atoms with Gasteiger partial charge in [-0.05, 0) is 37.7 Å². The van der Waals surface area contributed by atoms with Gasteiger partial charge in [-0.15, -0.1) is 0 Å². The topological polar surface area (TPSA) is 85.6 Å². The molecule has 9 heteroatoms. The molecule has 0 bridgehead atoms. The average molecular weight is 465 g/mol. The van der Waals surface area contributed by atoms with Gasteiger partial charge in [0.1, 0.15) is 5.75 Å². The zero-order chi connectivity index (χ0) is 24.1. The minimum atomic E-state index is -0.0335. The number of aromatic nitrogens is 4. The van der Waals surface area contributed by atoms with Crippen molar-refractivity contribution in [2.45, 2.75) is 32.9 Å². The zero-order valence-electron chi connectivity index (χ0n) is 20.3. The van der Waals surface area contributed by atoms with Gasteiger partial charge in [-0.25, -0.2) is 9.97 Å². The van der Waals surface area contributed by atoms with Crippen molar-refractivity contribution in [1.29, 1.82) is 0 Å². The first kappa shape index (κ1) is 23.8. The van der Waals surface area contributed by atoms with E-state index < -0.39 is 0 Å². The molecule has 1 aliphatic rings. The lowest BCUT2D eigenvalue weighted by molar-refractivity contribution is 0.0772. The van der Waals surface area contributed by atoms with Crippen LogP contribution in [0.2, 0.25) is 0 Å². The molecule has 1 unspecified atom stereocenters. The molecule has 0 saturated carbocycles. The summed E-state index contributed by atoms with van der Waals surface area (Å²) in [6.07, 6.45) is 4.25. The van der Waals surface area contributed by atoms with Crippen molar-refractivity contribution in [3.8, 4) is 23.0 Å². The fourth-order valence-electron chi connectivity index (χ4n) is 4.59. The van der Waals surface area contributed by atoms with Crippen LogP contribution >= 0.6 is 0 Å². The Morgan fingerprint density at radius 2 is 1.97 bits per heavy atom. The maximum atomic E-state index is 13.4. The maximum Gasteiger partial charge on any atom is 0.257 e. The summed E-state index contributed by atoms with van der Waals surface area (Å²) in [7, 11) is 3.23. The summed E-state index contributed by atoms with van der Waals surface area (Å²) >= 11 is 0. The minimum absolute atomic E-state index is 0.0335. The Labute approximate surface area is 200 Å². The molecule has 0 spiro atoms. The van der Waals surface area contributed by atoms with Gasteiger partial charge in [0, 0.05) is 38.0 Å². The number of benzene rings is 1. The lowest BCUT2D eigenvalue weighted by Gasteiger charge is -2.26. The monoisotopic (exact) mass is 464 g/mol. The molecule has 1 fully saturated rings. The Balaban J connectivity index is 1.64. The number of amides is 1. The first-order valence-corrected chi connectivity index (χ1v) is 11.7. The molecule has 34 heavy (non-hydrogen) atoms. The lowest BCUT2D eigenvalue weighted by Crippen LogP contribution is -2.38. The second-order valence-corrected chi connectivity index (χ2v) is 8.21. The molecule has 4 rings (SSSR count). The van der Waals surface area contributed by atoms with Crippen LogP contribution in [0.5, 0.6) is 5.75 Å². The fraction of sp³-hybridized carbons (Fsp3) is 0.440. The highest BCUT2D eigenvalue weighted by Crippen LogP contribution is 2.28. The molecular formula is C25H32N6O3. The molecule has 9 nitrogen and oxygen atoms in total. The number of para-hydroxylation sites is 1. The first-order chi connectivity index (χ1) is 16.6. The number of likely N-dealkylation sites (N-methyl/N-ethyl adjacent to an activating group) is 1. The van der Waals surface area contributed by atoms with Crippen molar-refractivity contribution in [1.82, 2.24) is 29.5 Å². The Morgan fingerprint density at radius 3 is 2.71 bits per heavy atom. The van der Waals surface area contributed by atoms with Crippen LogP contribution in [0.4, 0.5) is 0 Å². The van der Waals surface area contributed by atoms with Crippen molar-refractivity contribution < 1.29 is 14.3 Å². The van der Waals surface area contributed by atoms with Crippen LogP contribution in [0.3, 0.4) is 0 Å². The Bertz CT molecular complexity index is 1130. The normalized spacial score (nSPS) is 15.8. The molecule has 1 aliphatic heterocycles. The number of hydrogen-bond acceptors (Lipinski definition) is 7. The smallest absolute Gasteiger partial charge is 0.257 e. The van der Waals surface area contributed by atoms with Crippen LogP contribution in [0.25, 0.3) is 17.2 Å². The molecule has 0 aliphatic carbocycles. The van der Waals surface area contributed by atoms with E-state index in [2.05, 4.69) is 28.8 Å². The quantitative estimate of drug-likeness (QED) is 0.481. The number of nitrogens with zero attached hydrogens (tertiary/aromatic N) is 6. The molecule has 1 saturated heterocycles. The second-order valence-electron chi connectivity index (χ2n) is 8.21. The van der Waals surface area contributed by atoms with E-state index in [-0.39, 0.29) is 12.5 Å². The van der Waals surface area contributed by atoms with Gasteiger partial charge in [0.05, 0.1) is 36.9 Å². The van der Waals surface area contributed by atoms with E-state index in [1.807, 2.05) is 35.2 Å². The summed E-state index contributed by atoms with van der Waals surface area (Å²) in [4.78, 5) is 26.9. The van der Waals surface area contributed by atoms with Gasteiger partial charge in [-0.3, -0.25) is 9.69 Å². The van der Waals surface area contributed by atoms with Crippen molar-refractivity contribution >= 4 is 5.91 Å². The summed E-state index contributed by atoms with van der Waals surface area (Å²) in [5.41, 5.74) is 2.71. The number of methoxy groups -OCH3 is 2. The Kier molecular flexibility index (Phi) is 7.54. The van der Waals surface area contributed by atoms with E-state index in [0.29, 0.717) is 28.9 Å². The van der Waals surface area contributed by atoms with E-state index >= 15 is 0 Å². The molecule has 1 atom stereocenters. The molecule has 0 N–H and O–H groups in total. The highest BCUT2D eigenvalue weighted by molar-refractivity contribution is 5.95. The molecule has 1 aromatic carbocycles. The van der Waals surface area contributed by atoms with Gasteiger partial charge in [0.15, 0.2) is 0 Å². The Morgan fingerprint density at radius 1 is 1.18 bits per heavy atom. The largest absolute Gasteiger partial charge is 0.496 e. The number of likely N-dealkylation sites (tertiary alicyclic amines) is 1. The van der Waals surface area contributed by atoms with Crippen LogP contribution in [-0.4, -0.2) is 81.9 Å². The molecular weight excluding hydrogens is 432 g/mol. The van der Waals surface area contributed by atoms with Crippen molar-refractivity contribution in [2.24, 2.45) is 0 Å². The van der Waals surface area contributed by atoms with E-state index in [0.717, 1.165) is 43.9 Å². The standard InChI is InChI=1S/C25H32N6O3/c1-5-29(6-2)18-12-14-30(16-18)24(32)20-15-27-31(22(20)17-33-3)25-26-13-11-21(28-25)19-9-7-8-10-23(19)34-4/h7-11,13,15,18H,5-6,12,14,16-17H2,1-4H3. The van der Waals surface area contributed by atoms with Gasteiger partial charge < -0.3 is 14.4 Å². The van der Waals surface area contributed by atoms with E-state index in [1.54, 1.807) is 31.3 Å². The highest BCUT2D eigenvalue weighted by Gasteiger charge is 2.32. The molecule has 2 aromatic heterocycles. The lowest BCUT2D eigenvalue weighted by atomic mass is 10.1. The van der Waals surface area contributed by atoms with Gasteiger partial charge in [0.2, 0.25) is 0 Å². The third-order valence-electron chi connectivity index (χ3n) is 6.37. The van der Waals surface area contributed by atoms with Gasteiger partial charge in [0.25, 0.3) is 11.9 Å². The number of hydrogen-bond donors (Lipinski definition) is 0. The molecule has 3 aromatic rings. The minimum Gasteiger partial charge on any atom is -0.496 e. The summed E-state index contributed by atoms with van der Waals surface area (Å²) in [5, 5.41) is 4.48. The third-order valence-corrected chi connectivity index (χ3v) is 6.37. The van der Waals surface area contributed by atoms with E-state index in [1.165, 1.54) is 0 Å².